The molecule has 0 saturated heterocycles. The first kappa shape index (κ1) is 13.7. The van der Waals surface area contributed by atoms with Crippen LogP contribution < -0.4 is 5.32 Å². The van der Waals surface area contributed by atoms with Crippen molar-refractivity contribution in [1.29, 1.82) is 0 Å². The Hall–Kier alpha value is -3.29. The molecule has 0 aliphatic heterocycles. The van der Waals surface area contributed by atoms with Crippen LogP contribution in [-0.4, -0.2) is 25.6 Å². The number of hydrogen-bond donors (Lipinski definition) is 1. The lowest BCUT2D eigenvalue weighted by molar-refractivity contribution is -0.389. The molecule has 3 rings (SSSR count). The van der Waals surface area contributed by atoms with E-state index < -0.39 is 4.92 Å². The minimum absolute atomic E-state index is 0.0983. The Morgan fingerprint density at radius 2 is 2.18 bits per heavy atom. The van der Waals surface area contributed by atoms with E-state index in [1.165, 1.54) is 16.9 Å². The molecule has 0 aliphatic carbocycles. The molecule has 8 nitrogen and oxygen atoms in total. The predicted molar refractivity (Wildman–Crippen MR) is 79.3 cm³/mol. The maximum atomic E-state index is 11.9. The number of rotatable bonds is 4. The predicted octanol–water partition coefficient (Wildman–Crippen LogP) is 1.98. The number of amides is 1. The molecule has 2 aromatic heterocycles. The van der Waals surface area contributed by atoms with Crippen LogP contribution >= 0.6 is 0 Å². The monoisotopic (exact) mass is 297 g/mol. The second-order valence-corrected chi connectivity index (χ2v) is 4.59. The molecular weight excluding hydrogens is 286 g/mol. The summed E-state index contributed by atoms with van der Waals surface area (Å²) in [4.78, 5) is 26.1. The topological polar surface area (TPSA) is 103 Å². The molecule has 3 aromatic rings. The van der Waals surface area contributed by atoms with E-state index >= 15 is 0 Å². The summed E-state index contributed by atoms with van der Waals surface area (Å²) < 4.78 is 1.22. The normalized spacial score (nSPS) is 10.5. The summed E-state index contributed by atoms with van der Waals surface area (Å²) >= 11 is 0. The zero-order valence-electron chi connectivity index (χ0n) is 11.3. The van der Waals surface area contributed by atoms with Gasteiger partial charge in [0.2, 0.25) is 5.91 Å². The van der Waals surface area contributed by atoms with Gasteiger partial charge < -0.3 is 15.4 Å². The molecule has 8 heteroatoms. The average Bonchev–Trinajstić information content (AvgIpc) is 2.95. The first-order chi connectivity index (χ1) is 10.6. The van der Waals surface area contributed by atoms with Crippen molar-refractivity contribution in [3.05, 3.63) is 58.9 Å². The Labute approximate surface area is 124 Å². The minimum atomic E-state index is -0.606. The Balaban J connectivity index is 1.70. The van der Waals surface area contributed by atoms with Gasteiger partial charge in [-0.2, -0.15) is 4.68 Å². The van der Waals surface area contributed by atoms with Gasteiger partial charge >= 0.3 is 5.82 Å². The van der Waals surface area contributed by atoms with Crippen molar-refractivity contribution in [3.63, 3.8) is 0 Å². The van der Waals surface area contributed by atoms with E-state index in [4.69, 9.17) is 0 Å². The number of hydrogen-bond acceptors (Lipinski definition) is 5. The van der Waals surface area contributed by atoms with Gasteiger partial charge in [-0.1, -0.05) is 6.07 Å². The largest absolute Gasteiger partial charge is 0.389 e. The van der Waals surface area contributed by atoms with Crippen LogP contribution in [0, 0.1) is 10.1 Å². The smallest absolute Gasteiger partial charge is 0.358 e. The van der Waals surface area contributed by atoms with Crippen molar-refractivity contribution in [2.45, 2.75) is 6.54 Å². The van der Waals surface area contributed by atoms with Gasteiger partial charge in [-0.25, -0.2) is 0 Å². The van der Waals surface area contributed by atoms with E-state index in [1.807, 2.05) is 24.3 Å². The Bertz CT molecular complexity index is 858. The lowest BCUT2D eigenvalue weighted by Crippen LogP contribution is -2.19. The summed E-state index contributed by atoms with van der Waals surface area (Å²) in [5, 5.41) is 17.9. The van der Waals surface area contributed by atoms with Crippen molar-refractivity contribution in [1.82, 2.24) is 14.8 Å². The summed E-state index contributed by atoms with van der Waals surface area (Å²) in [7, 11) is 0. The van der Waals surface area contributed by atoms with Crippen LogP contribution in [0.25, 0.3) is 10.9 Å². The molecule has 0 spiro atoms. The van der Waals surface area contributed by atoms with E-state index in [0.29, 0.717) is 5.69 Å². The minimum Gasteiger partial charge on any atom is -0.358 e. The zero-order chi connectivity index (χ0) is 15.5. The van der Waals surface area contributed by atoms with Gasteiger partial charge in [-0.15, -0.1) is 0 Å². The van der Waals surface area contributed by atoms with Crippen molar-refractivity contribution in [2.24, 2.45) is 0 Å². The van der Waals surface area contributed by atoms with E-state index in [1.54, 1.807) is 12.3 Å². The second-order valence-electron chi connectivity index (χ2n) is 4.59. The number of nitro groups is 1. The molecule has 0 bridgehead atoms. The highest BCUT2D eigenvalue weighted by Gasteiger charge is 2.13. The van der Waals surface area contributed by atoms with E-state index in [0.717, 1.165) is 10.9 Å². The van der Waals surface area contributed by atoms with Crippen LogP contribution in [0.2, 0.25) is 0 Å². The first-order valence-corrected chi connectivity index (χ1v) is 6.44. The van der Waals surface area contributed by atoms with Crippen LogP contribution in [0.1, 0.15) is 0 Å². The molecule has 2 heterocycles. The lowest BCUT2D eigenvalue weighted by Gasteiger charge is -2.05. The second kappa shape index (κ2) is 5.60. The molecule has 110 valence electrons. The summed E-state index contributed by atoms with van der Waals surface area (Å²) in [5.74, 6) is -0.606. The van der Waals surface area contributed by atoms with Crippen molar-refractivity contribution in [2.75, 3.05) is 5.32 Å². The Morgan fingerprint density at radius 3 is 2.95 bits per heavy atom. The molecule has 22 heavy (non-hydrogen) atoms. The SMILES string of the molecule is O=C(Cn1ccc([N+](=O)[O-])n1)Nc1ccc2ncccc2c1. The van der Waals surface area contributed by atoms with Crippen molar-refractivity contribution >= 4 is 28.3 Å². The highest BCUT2D eigenvalue weighted by Crippen LogP contribution is 2.17. The molecule has 1 amide bonds. The molecule has 0 unspecified atom stereocenters. The van der Waals surface area contributed by atoms with Gasteiger partial charge in [-0.05, 0) is 29.2 Å². The number of nitrogens with one attached hydrogen (secondary N) is 1. The number of aromatic nitrogens is 3. The third-order valence-corrected chi connectivity index (χ3v) is 3.01. The van der Waals surface area contributed by atoms with Crippen LogP contribution in [-0.2, 0) is 11.3 Å². The molecule has 0 radical (unpaired) electrons. The van der Waals surface area contributed by atoms with Gasteiger partial charge in [0, 0.05) is 17.3 Å². The molecule has 0 saturated carbocycles. The maximum Gasteiger partial charge on any atom is 0.389 e. The third-order valence-electron chi connectivity index (χ3n) is 3.01. The number of carbonyl (C=O) groups is 1. The Morgan fingerprint density at radius 1 is 1.32 bits per heavy atom. The number of nitrogens with zero attached hydrogens (tertiary/aromatic N) is 4. The third kappa shape index (κ3) is 2.90. The molecule has 1 aromatic carbocycles. The van der Waals surface area contributed by atoms with Gasteiger partial charge in [0.15, 0.2) is 0 Å². The quantitative estimate of drug-likeness (QED) is 0.586. The fraction of sp³-hybridized carbons (Fsp3) is 0.0714. The molecule has 0 fully saturated rings. The number of benzene rings is 1. The number of carbonyl (C=O) groups excluding carboxylic acids is 1. The highest BCUT2D eigenvalue weighted by atomic mass is 16.6. The Kier molecular flexibility index (Phi) is 3.48. The number of fused-ring (bicyclic) bond motifs is 1. The lowest BCUT2D eigenvalue weighted by atomic mass is 10.2. The summed E-state index contributed by atoms with van der Waals surface area (Å²) in [6.45, 7) is -0.0983. The fourth-order valence-corrected chi connectivity index (χ4v) is 2.04. The molecular formula is C14H11N5O3. The number of anilines is 1. The number of pyridine rings is 1. The standard InChI is InChI=1S/C14H11N5O3/c20-14(9-18-7-5-13(17-18)19(21)22)16-11-3-4-12-10(8-11)2-1-6-15-12/h1-8H,9H2,(H,16,20). The van der Waals surface area contributed by atoms with Gasteiger partial charge in [0.25, 0.3) is 0 Å². The average molecular weight is 297 g/mol. The van der Waals surface area contributed by atoms with Crippen LogP contribution in [0.15, 0.2) is 48.8 Å². The van der Waals surface area contributed by atoms with Crippen molar-refractivity contribution in [3.8, 4) is 0 Å². The molecule has 1 N–H and O–H groups in total. The maximum absolute atomic E-state index is 11.9. The first-order valence-electron chi connectivity index (χ1n) is 6.44. The van der Waals surface area contributed by atoms with Crippen molar-refractivity contribution < 1.29 is 9.72 Å². The van der Waals surface area contributed by atoms with Crippen LogP contribution in [0.4, 0.5) is 11.5 Å². The van der Waals surface area contributed by atoms with Crippen LogP contribution in [0.3, 0.4) is 0 Å². The van der Waals surface area contributed by atoms with E-state index in [9.17, 15) is 14.9 Å². The fourth-order valence-electron chi connectivity index (χ4n) is 2.04. The van der Waals surface area contributed by atoms with E-state index in [-0.39, 0.29) is 18.3 Å². The summed E-state index contributed by atoms with van der Waals surface area (Å²) in [5.41, 5.74) is 1.47. The summed E-state index contributed by atoms with van der Waals surface area (Å²) in [6, 6.07) is 10.3. The van der Waals surface area contributed by atoms with Gasteiger partial charge in [-0.3, -0.25) is 9.78 Å². The summed E-state index contributed by atoms with van der Waals surface area (Å²) in [6.07, 6.45) is 3.09. The zero-order valence-corrected chi connectivity index (χ0v) is 11.3. The molecule has 0 aliphatic rings. The van der Waals surface area contributed by atoms with E-state index in [2.05, 4.69) is 15.4 Å². The van der Waals surface area contributed by atoms with Crippen LogP contribution in [0.5, 0.6) is 0 Å². The van der Waals surface area contributed by atoms with Gasteiger partial charge in [0.05, 0.1) is 22.9 Å². The van der Waals surface area contributed by atoms with Gasteiger partial charge in [0.1, 0.15) is 6.54 Å². The molecule has 0 atom stereocenters. The highest BCUT2D eigenvalue weighted by molar-refractivity contribution is 5.93.